The van der Waals surface area contributed by atoms with Crippen LogP contribution in [0.3, 0.4) is 0 Å². The van der Waals surface area contributed by atoms with Gasteiger partial charge >= 0.3 is 0 Å². The average molecular weight is 690 g/mol. The fourth-order valence-electron chi connectivity index (χ4n) is 5.95. The lowest BCUT2D eigenvalue weighted by molar-refractivity contribution is 0.458. The summed E-state index contributed by atoms with van der Waals surface area (Å²) in [5, 5.41) is 54.7. The van der Waals surface area contributed by atoms with Crippen molar-refractivity contribution in [3.63, 3.8) is 0 Å². The molecule has 0 aliphatic carbocycles. The van der Waals surface area contributed by atoms with Crippen molar-refractivity contribution in [1.29, 1.82) is 0 Å². The Morgan fingerprint density at radius 2 is 1.12 bits per heavy atom. The van der Waals surface area contributed by atoms with Crippen LogP contribution in [0.5, 0.6) is 11.5 Å². The van der Waals surface area contributed by atoms with Gasteiger partial charge in [0.25, 0.3) is 0 Å². The van der Waals surface area contributed by atoms with E-state index in [1.165, 1.54) is 20.7 Å². The van der Waals surface area contributed by atoms with Crippen molar-refractivity contribution in [3.05, 3.63) is 172 Å². The summed E-state index contributed by atoms with van der Waals surface area (Å²) >= 11 is 0. The largest absolute Gasteiger partial charge is 0.508 e. The van der Waals surface area contributed by atoms with E-state index in [2.05, 4.69) is 82.6 Å². The number of aryl methyl sites for hydroxylation is 2. The Morgan fingerprint density at radius 1 is 0.615 bits per heavy atom. The number of aromatic nitrogens is 8. The highest BCUT2D eigenvalue weighted by Crippen LogP contribution is 2.42. The molecule has 0 saturated carbocycles. The van der Waals surface area contributed by atoms with E-state index in [9.17, 15) is 10.2 Å². The molecule has 0 spiro atoms. The van der Waals surface area contributed by atoms with E-state index in [-0.39, 0.29) is 11.5 Å². The van der Waals surface area contributed by atoms with Crippen LogP contribution >= 0.6 is 0 Å². The fraction of sp³-hybridized carbons (Fsp3) is 0.128. The molecule has 7 rings (SSSR count). The molecule has 13 heteroatoms. The van der Waals surface area contributed by atoms with Gasteiger partial charge in [-0.1, -0.05) is 72.8 Å². The molecule has 0 amide bonds. The van der Waals surface area contributed by atoms with Crippen LogP contribution in [0.25, 0.3) is 0 Å². The second-order valence-corrected chi connectivity index (χ2v) is 12.2. The summed E-state index contributed by atoms with van der Waals surface area (Å²) in [4.78, 5) is 4.96. The third-order valence-corrected chi connectivity index (χ3v) is 8.57. The topological polar surface area (TPSA) is 156 Å². The molecule has 0 aliphatic rings. The number of tetrazole rings is 2. The molecule has 2 heterocycles. The van der Waals surface area contributed by atoms with Crippen molar-refractivity contribution in [2.75, 3.05) is 4.90 Å². The van der Waals surface area contributed by atoms with Crippen molar-refractivity contribution in [2.45, 2.75) is 32.9 Å². The SMILES string of the molecule is Cc1nnnn1N=Cc1ccc(O)c(C(c2cccc(N(Cc3ccccc3)Cc3ccccc3)c2)c2cc(C=Nn3nnnc3C)ccc2O)c1. The molecule has 7 aromatic rings. The number of phenols is 2. The van der Waals surface area contributed by atoms with Crippen LogP contribution in [0.1, 0.15) is 56.5 Å². The molecular weight excluding hydrogens is 655 g/mol. The van der Waals surface area contributed by atoms with Gasteiger partial charge in [-0.05, 0) is 111 Å². The quantitative estimate of drug-likeness (QED) is 0.119. The maximum Gasteiger partial charge on any atom is 0.173 e. The first-order valence-electron chi connectivity index (χ1n) is 16.6. The zero-order valence-corrected chi connectivity index (χ0v) is 28.5. The molecule has 52 heavy (non-hydrogen) atoms. The van der Waals surface area contributed by atoms with Crippen molar-refractivity contribution >= 4 is 18.1 Å². The Bertz CT molecular complexity index is 2190. The lowest BCUT2D eigenvalue weighted by Gasteiger charge is -2.28. The molecular formula is C39H35N11O2. The van der Waals surface area contributed by atoms with Crippen LogP contribution in [-0.2, 0) is 13.1 Å². The summed E-state index contributed by atoms with van der Waals surface area (Å²) in [6, 6.07) is 39.4. The first-order valence-corrected chi connectivity index (χ1v) is 16.6. The maximum absolute atomic E-state index is 11.5. The molecule has 0 bridgehead atoms. The predicted molar refractivity (Wildman–Crippen MR) is 197 cm³/mol. The summed E-state index contributed by atoms with van der Waals surface area (Å²) in [5.74, 6) is 0.557. The van der Waals surface area contributed by atoms with Crippen molar-refractivity contribution in [2.24, 2.45) is 10.2 Å². The van der Waals surface area contributed by atoms with Crippen LogP contribution in [-0.4, -0.2) is 63.3 Å². The van der Waals surface area contributed by atoms with E-state index < -0.39 is 5.92 Å². The normalized spacial score (nSPS) is 12.1. The molecule has 0 fully saturated rings. The maximum atomic E-state index is 11.5. The molecule has 2 aromatic heterocycles. The van der Waals surface area contributed by atoms with Gasteiger partial charge in [-0.15, -0.1) is 19.8 Å². The molecule has 2 N–H and O–H groups in total. The number of benzene rings is 5. The van der Waals surface area contributed by atoms with E-state index in [0.29, 0.717) is 47.0 Å². The third kappa shape index (κ3) is 7.73. The lowest BCUT2D eigenvalue weighted by Crippen LogP contribution is -2.22. The van der Waals surface area contributed by atoms with E-state index in [0.717, 1.165) is 11.3 Å². The zero-order chi connectivity index (χ0) is 35.9. The predicted octanol–water partition coefficient (Wildman–Crippen LogP) is 5.84. The molecule has 0 atom stereocenters. The van der Waals surface area contributed by atoms with Crippen molar-refractivity contribution in [3.8, 4) is 11.5 Å². The fourth-order valence-corrected chi connectivity index (χ4v) is 5.95. The molecule has 5 aromatic carbocycles. The molecule has 258 valence electrons. The minimum absolute atomic E-state index is 0.0550. The van der Waals surface area contributed by atoms with Gasteiger partial charge in [0.15, 0.2) is 11.6 Å². The summed E-state index contributed by atoms with van der Waals surface area (Å²) in [6.45, 7) is 4.85. The van der Waals surface area contributed by atoms with Gasteiger partial charge in [-0.25, -0.2) is 0 Å². The number of phenolic OH excluding ortho intramolecular Hbond substituents is 2. The average Bonchev–Trinajstić information content (AvgIpc) is 3.79. The van der Waals surface area contributed by atoms with Gasteiger partial charge < -0.3 is 15.1 Å². The Balaban J connectivity index is 1.35. The Kier molecular flexibility index (Phi) is 9.82. The smallest absolute Gasteiger partial charge is 0.173 e. The standard InChI is InChI=1S/C39H35N11O2/c1-27-42-44-46-49(27)40-23-31-16-18-37(51)35(20-31)39(36-21-32(17-19-38(36)52)24-41-50-28(2)43-45-47-50)33-14-9-15-34(22-33)48(25-29-10-5-3-6-11-29)26-30-12-7-4-8-13-30/h3-24,39,51-52H,25-26H2,1-2H3. The van der Waals surface area contributed by atoms with Crippen LogP contribution in [0.2, 0.25) is 0 Å². The summed E-state index contributed by atoms with van der Waals surface area (Å²) in [6.07, 6.45) is 3.25. The van der Waals surface area contributed by atoms with Crippen molar-refractivity contribution in [1.82, 2.24) is 40.6 Å². The van der Waals surface area contributed by atoms with Gasteiger partial charge in [-0.2, -0.15) is 10.2 Å². The van der Waals surface area contributed by atoms with Gasteiger partial charge in [0.05, 0.1) is 12.4 Å². The van der Waals surface area contributed by atoms with E-state index >= 15 is 0 Å². The molecule has 0 unspecified atom stereocenters. The second kappa shape index (κ2) is 15.3. The van der Waals surface area contributed by atoms with Crippen LogP contribution in [0, 0.1) is 13.8 Å². The van der Waals surface area contributed by atoms with Gasteiger partial charge in [0.1, 0.15) is 11.5 Å². The summed E-state index contributed by atoms with van der Waals surface area (Å²) < 4.78 is 0. The van der Waals surface area contributed by atoms with Gasteiger partial charge in [0.2, 0.25) is 0 Å². The first-order chi connectivity index (χ1) is 25.4. The minimum atomic E-state index is -0.610. The van der Waals surface area contributed by atoms with Crippen LogP contribution in [0.15, 0.2) is 132 Å². The summed E-state index contributed by atoms with van der Waals surface area (Å²) in [5.41, 5.74) is 6.70. The molecule has 0 saturated heterocycles. The van der Waals surface area contributed by atoms with Gasteiger partial charge in [-0.3, -0.25) is 0 Å². The Hall–Kier alpha value is -7.02. The Labute approximate surface area is 299 Å². The zero-order valence-electron chi connectivity index (χ0n) is 28.5. The van der Waals surface area contributed by atoms with Gasteiger partial charge in [0, 0.05) is 35.8 Å². The highest BCUT2D eigenvalue weighted by atomic mass is 16.3. The molecule has 0 aliphatic heterocycles. The van der Waals surface area contributed by atoms with Crippen molar-refractivity contribution < 1.29 is 10.2 Å². The first kappa shape index (κ1) is 33.5. The monoisotopic (exact) mass is 689 g/mol. The molecule has 0 radical (unpaired) electrons. The number of hydrogen-bond donors (Lipinski definition) is 2. The van der Waals surface area contributed by atoms with Crippen LogP contribution in [0.4, 0.5) is 5.69 Å². The highest BCUT2D eigenvalue weighted by molar-refractivity contribution is 5.82. The minimum Gasteiger partial charge on any atom is -0.508 e. The number of nitrogens with zero attached hydrogens (tertiary/aromatic N) is 11. The summed E-state index contributed by atoms with van der Waals surface area (Å²) in [7, 11) is 0. The number of rotatable bonds is 12. The number of anilines is 1. The molecule has 13 nitrogen and oxygen atoms in total. The van der Waals surface area contributed by atoms with Crippen LogP contribution < -0.4 is 4.90 Å². The van der Waals surface area contributed by atoms with E-state index in [1.54, 1.807) is 50.5 Å². The third-order valence-electron chi connectivity index (χ3n) is 8.57. The number of aromatic hydroxyl groups is 2. The second-order valence-electron chi connectivity index (χ2n) is 12.2. The lowest BCUT2D eigenvalue weighted by atomic mass is 9.82. The number of hydrogen-bond acceptors (Lipinski definition) is 11. The Morgan fingerprint density at radius 3 is 1.58 bits per heavy atom. The van der Waals surface area contributed by atoms with E-state index in [4.69, 9.17) is 0 Å². The highest BCUT2D eigenvalue weighted by Gasteiger charge is 2.25. The van der Waals surface area contributed by atoms with E-state index in [1.807, 2.05) is 60.7 Å².